The number of benzene rings is 2. The van der Waals surface area contributed by atoms with E-state index in [9.17, 15) is 14.0 Å². The quantitative estimate of drug-likeness (QED) is 0.604. The average Bonchev–Trinajstić information content (AvgIpc) is 2.67. The van der Waals surface area contributed by atoms with Gasteiger partial charge in [0.1, 0.15) is 5.82 Å². The molecule has 8 heteroatoms. The number of ketones is 1. The predicted molar refractivity (Wildman–Crippen MR) is 114 cm³/mol. The van der Waals surface area contributed by atoms with Crippen molar-refractivity contribution in [2.75, 3.05) is 25.5 Å². The van der Waals surface area contributed by atoms with Gasteiger partial charge in [0.15, 0.2) is 5.78 Å². The third-order valence-corrected chi connectivity index (χ3v) is 4.82. The van der Waals surface area contributed by atoms with Crippen LogP contribution in [0.3, 0.4) is 0 Å². The van der Waals surface area contributed by atoms with E-state index in [2.05, 4.69) is 6.07 Å². The number of likely N-dealkylation sites (N-methyl/N-ethyl adjacent to an activating group) is 2. The maximum atomic E-state index is 14.1. The summed E-state index contributed by atoms with van der Waals surface area (Å²) in [5, 5.41) is 9.12. The Morgan fingerprint density at radius 3 is 2.45 bits per heavy atom. The molecule has 0 aliphatic rings. The molecule has 0 N–H and O–H groups in total. The zero-order valence-electron chi connectivity index (χ0n) is 16.4. The van der Waals surface area contributed by atoms with Crippen molar-refractivity contribution in [3.8, 4) is 6.07 Å². The summed E-state index contributed by atoms with van der Waals surface area (Å²) >= 11 is 6.04. The van der Waals surface area contributed by atoms with Gasteiger partial charge in [0, 0.05) is 23.7 Å². The van der Waals surface area contributed by atoms with Gasteiger partial charge in [-0.2, -0.15) is 5.26 Å². The standard InChI is InChI=1S/C21H21ClFN3O2.ClH/c1-14(10-11-24)25(2)13-20(27)26(3)19-9-8-15(22)12-17(19)21(28)16-6-4-5-7-18(16)23;/h4-9,12,14H,10,13H2,1-3H3;1H. The monoisotopic (exact) mass is 437 g/mol. The normalized spacial score (nSPS) is 11.3. The van der Waals surface area contributed by atoms with E-state index >= 15 is 0 Å². The van der Waals surface area contributed by atoms with Crippen LogP contribution in [0.5, 0.6) is 0 Å². The molecule has 154 valence electrons. The first-order valence-corrected chi connectivity index (χ1v) is 9.06. The summed E-state index contributed by atoms with van der Waals surface area (Å²) in [7, 11) is 3.30. The van der Waals surface area contributed by atoms with Crippen molar-refractivity contribution in [3.05, 3.63) is 64.4 Å². The minimum Gasteiger partial charge on any atom is -0.314 e. The van der Waals surface area contributed by atoms with Gasteiger partial charge in [-0.25, -0.2) is 4.39 Å². The minimum atomic E-state index is -0.641. The van der Waals surface area contributed by atoms with Gasteiger partial charge in [0.05, 0.1) is 30.3 Å². The maximum absolute atomic E-state index is 14.1. The molecule has 0 aromatic heterocycles. The Bertz CT molecular complexity index is 930. The van der Waals surface area contributed by atoms with Crippen LogP contribution < -0.4 is 4.90 Å². The Morgan fingerprint density at radius 2 is 1.83 bits per heavy atom. The summed E-state index contributed by atoms with van der Waals surface area (Å²) in [4.78, 5) is 28.7. The fraction of sp³-hybridized carbons (Fsp3) is 0.286. The van der Waals surface area contributed by atoms with Gasteiger partial charge in [0.25, 0.3) is 0 Å². The van der Waals surface area contributed by atoms with Crippen molar-refractivity contribution in [3.63, 3.8) is 0 Å². The van der Waals surface area contributed by atoms with Gasteiger partial charge in [-0.15, -0.1) is 12.4 Å². The number of rotatable bonds is 7. The number of hydrogen-bond donors (Lipinski definition) is 0. The van der Waals surface area contributed by atoms with Crippen molar-refractivity contribution in [1.82, 2.24) is 4.90 Å². The number of carbonyl (C=O) groups excluding carboxylic acids is 2. The third-order valence-electron chi connectivity index (χ3n) is 4.58. The highest BCUT2D eigenvalue weighted by molar-refractivity contribution is 6.31. The van der Waals surface area contributed by atoms with Crippen molar-refractivity contribution in [1.29, 1.82) is 5.26 Å². The van der Waals surface area contributed by atoms with Crippen LogP contribution in [-0.2, 0) is 4.79 Å². The second kappa shape index (κ2) is 10.9. The molecule has 29 heavy (non-hydrogen) atoms. The van der Waals surface area contributed by atoms with Crippen molar-refractivity contribution >= 4 is 41.4 Å². The molecular weight excluding hydrogens is 416 g/mol. The number of nitrogens with zero attached hydrogens (tertiary/aromatic N) is 3. The molecule has 0 bridgehead atoms. The molecule has 0 fully saturated rings. The number of anilines is 1. The number of amides is 1. The fourth-order valence-corrected chi connectivity index (χ4v) is 2.84. The van der Waals surface area contributed by atoms with Crippen molar-refractivity contribution < 1.29 is 14.0 Å². The number of hydrogen-bond acceptors (Lipinski definition) is 4. The van der Waals surface area contributed by atoms with Crippen LogP contribution in [-0.4, -0.2) is 43.3 Å². The van der Waals surface area contributed by atoms with Crippen molar-refractivity contribution in [2.45, 2.75) is 19.4 Å². The van der Waals surface area contributed by atoms with Crippen LogP contribution in [0.2, 0.25) is 5.02 Å². The molecule has 0 aliphatic heterocycles. The SMILES string of the molecule is CC(CC#N)N(C)CC(=O)N(C)c1ccc(Cl)cc1C(=O)c1ccccc1F.Cl. The Balaban J connectivity index is 0.00000420. The van der Waals surface area contributed by atoms with Crippen LogP contribution >= 0.6 is 24.0 Å². The molecule has 0 heterocycles. The Labute approximate surface area is 181 Å². The lowest BCUT2D eigenvalue weighted by Gasteiger charge is -2.26. The molecule has 1 atom stereocenters. The first-order valence-electron chi connectivity index (χ1n) is 8.68. The van der Waals surface area contributed by atoms with Crippen LogP contribution in [0.25, 0.3) is 0 Å². The number of carbonyl (C=O) groups is 2. The Kier molecular flexibility index (Phi) is 9.25. The van der Waals surface area contributed by atoms with E-state index in [1.807, 2.05) is 6.92 Å². The highest BCUT2D eigenvalue weighted by Gasteiger charge is 2.23. The molecule has 0 saturated heterocycles. The van der Waals surface area contributed by atoms with Gasteiger partial charge in [0.2, 0.25) is 5.91 Å². The van der Waals surface area contributed by atoms with Gasteiger partial charge in [-0.3, -0.25) is 14.5 Å². The summed E-state index contributed by atoms with van der Waals surface area (Å²) in [6, 6.07) is 12.2. The first-order chi connectivity index (χ1) is 13.3. The molecule has 2 rings (SSSR count). The van der Waals surface area contributed by atoms with E-state index in [0.717, 1.165) is 0 Å². The van der Waals surface area contributed by atoms with E-state index in [0.29, 0.717) is 17.1 Å². The van der Waals surface area contributed by atoms with Gasteiger partial charge in [-0.05, 0) is 44.3 Å². The summed E-state index contributed by atoms with van der Waals surface area (Å²) in [6.45, 7) is 1.92. The molecule has 0 radical (unpaired) electrons. The maximum Gasteiger partial charge on any atom is 0.240 e. The fourth-order valence-electron chi connectivity index (χ4n) is 2.67. The van der Waals surface area contributed by atoms with Gasteiger partial charge < -0.3 is 4.90 Å². The first kappa shape index (κ1) is 24.6. The molecule has 0 saturated carbocycles. The molecule has 1 amide bonds. The van der Waals surface area contributed by atoms with Crippen LogP contribution in [0.4, 0.5) is 10.1 Å². The topological polar surface area (TPSA) is 64.4 Å². The molecule has 1 unspecified atom stereocenters. The zero-order chi connectivity index (χ0) is 20.8. The molecule has 5 nitrogen and oxygen atoms in total. The molecule has 0 aliphatic carbocycles. The third kappa shape index (κ3) is 6.01. The lowest BCUT2D eigenvalue weighted by molar-refractivity contribution is -0.119. The second-order valence-corrected chi connectivity index (χ2v) is 6.99. The van der Waals surface area contributed by atoms with Gasteiger partial charge in [-0.1, -0.05) is 23.7 Å². The summed E-state index contributed by atoms with van der Waals surface area (Å²) < 4.78 is 14.1. The summed E-state index contributed by atoms with van der Waals surface area (Å²) in [5.41, 5.74) is 0.386. The molecule has 2 aromatic carbocycles. The highest BCUT2D eigenvalue weighted by atomic mass is 35.5. The number of halogens is 3. The van der Waals surface area contributed by atoms with E-state index in [1.165, 1.54) is 29.2 Å². The van der Waals surface area contributed by atoms with Crippen molar-refractivity contribution in [2.24, 2.45) is 0 Å². The largest absolute Gasteiger partial charge is 0.314 e. The average molecular weight is 438 g/mol. The number of nitriles is 1. The smallest absolute Gasteiger partial charge is 0.240 e. The molecular formula is C21H22Cl2FN3O2. The molecule has 0 spiro atoms. The Morgan fingerprint density at radius 1 is 1.17 bits per heavy atom. The highest BCUT2D eigenvalue weighted by Crippen LogP contribution is 2.27. The zero-order valence-corrected chi connectivity index (χ0v) is 17.9. The lowest BCUT2D eigenvalue weighted by Crippen LogP contribution is -2.40. The lowest BCUT2D eigenvalue weighted by atomic mass is 10.0. The van der Waals surface area contributed by atoms with E-state index < -0.39 is 11.6 Å². The summed E-state index contributed by atoms with van der Waals surface area (Å²) in [5.74, 6) is -1.46. The van der Waals surface area contributed by atoms with Gasteiger partial charge >= 0.3 is 0 Å². The van der Waals surface area contributed by atoms with Crippen LogP contribution in [0, 0.1) is 17.1 Å². The Hall–Kier alpha value is -2.46. The predicted octanol–water partition coefficient (Wildman–Crippen LogP) is 4.33. The summed E-state index contributed by atoms with van der Waals surface area (Å²) in [6.07, 6.45) is 0.297. The molecule has 2 aromatic rings. The second-order valence-electron chi connectivity index (χ2n) is 6.55. The van der Waals surface area contributed by atoms with E-state index in [-0.39, 0.29) is 42.0 Å². The minimum absolute atomic E-state index is 0. The van der Waals surface area contributed by atoms with E-state index in [4.69, 9.17) is 16.9 Å². The van der Waals surface area contributed by atoms with E-state index in [1.54, 1.807) is 37.2 Å². The van der Waals surface area contributed by atoms with Crippen LogP contribution in [0.15, 0.2) is 42.5 Å². The van der Waals surface area contributed by atoms with Crippen LogP contribution in [0.1, 0.15) is 29.3 Å².